The number of nitrogens with zero attached hydrogens (tertiary/aromatic N) is 3. The van der Waals surface area contributed by atoms with Gasteiger partial charge in [-0.1, -0.05) is 18.2 Å². The number of benzene rings is 1. The molecule has 0 aliphatic rings. The lowest BCUT2D eigenvalue weighted by Crippen LogP contribution is -2.23. The predicted molar refractivity (Wildman–Crippen MR) is 91.0 cm³/mol. The molecule has 0 aliphatic carbocycles. The second-order valence-corrected chi connectivity index (χ2v) is 5.43. The molecule has 0 saturated heterocycles. The van der Waals surface area contributed by atoms with Crippen molar-refractivity contribution in [2.75, 3.05) is 0 Å². The number of hydrogen-bond acceptors (Lipinski definition) is 4. The largest absolute Gasteiger partial charge is 0.463 e. The smallest absolute Gasteiger partial charge is 0.272 e. The summed E-state index contributed by atoms with van der Waals surface area (Å²) >= 11 is 0. The van der Waals surface area contributed by atoms with Crippen molar-refractivity contribution in [1.82, 2.24) is 25.1 Å². The second kappa shape index (κ2) is 6.48. The molecule has 7 heteroatoms. The molecule has 0 unspecified atom stereocenters. The zero-order valence-electron chi connectivity index (χ0n) is 13.2. The summed E-state index contributed by atoms with van der Waals surface area (Å²) < 4.78 is 7.20. The fraction of sp³-hybridized carbons (Fsp3) is 0.0556. The van der Waals surface area contributed by atoms with E-state index >= 15 is 0 Å². The van der Waals surface area contributed by atoms with Crippen LogP contribution in [0.4, 0.5) is 0 Å². The molecule has 0 atom stereocenters. The van der Waals surface area contributed by atoms with Gasteiger partial charge in [0.05, 0.1) is 18.3 Å². The Morgan fingerprint density at radius 2 is 2.16 bits per heavy atom. The maximum absolute atomic E-state index is 12.4. The highest BCUT2D eigenvalue weighted by Gasteiger charge is 2.13. The van der Waals surface area contributed by atoms with Gasteiger partial charge >= 0.3 is 0 Å². The van der Waals surface area contributed by atoms with E-state index < -0.39 is 0 Å². The van der Waals surface area contributed by atoms with Crippen LogP contribution >= 0.6 is 0 Å². The maximum Gasteiger partial charge on any atom is 0.272 e. The van der Waals surface area contributed by atoms with Crippen LogP contribution in [0.5, 0.6) is 0 Å². The number of para-hydroxylation sites is 1. The standard InChI is InChI=1S/C18H15N5O2/c24-18(15-10-14(21-22-15)17-6-3-9-25-17)20-11-13-4-1-2-5-16(13)23-8-7-19-12-23/h1-10,12H,11H2,(H,20,24)(H,21,22). The number of carbonyl (C=O) groups is 1. The van der Waals surface area contributed by atoms with E-state index in [9.17, 15) is 4.79 Å². The number of amides is 1. The molecule has 25 heavy (non-hydrogen) atoms. The molecule has 3 aromatic heterocycles. The van der Waals surface area contributed by atoms with E-state index in [1.165, 1.54) is 0 Å². The minimum Gasteiger partial charge on any atom is -0.463 e. The van der Waals surface area contributed by atoms with E-state index in [2.05, 4.69) is 20.5 Å². The molecule has 0 bridgehead atoms. The third-order valence-corrected chi connectivity index (χ3v) is 3.81. The number of H-pyrrole nitrogens is 1. The highest BCUT2D eigenvalue weighted by Crippen LogP contribution is 2.18. The summed E-state index contributed by atoms with van der Waals surface area (Å²) in [5.41, 5.74) is 2.93. The van der Waals surface area contributed by atoms with Gasteiger partial charge in [-0.25, -0.2) is 4.98 Å². The number of imidazole rings is 1. The third kappa shape index (κ3) is 3.07. The number of rotatable bonds is 5. The number of aromatic amines is 1. The van der Waals surface area contributed by atoms with Crippen LogP contribution in [0.15, 0.2) is 71.9 Å². The van der Waals surface area contributed by atoms with Gasteiger partial charge in [-0.2, -0.15) is 5.10 Å². The minimum absolute atomic E-state index is 0.255. The van der Waals surface area contributed by atoms with Crippen LogP contribution in [0, 0.1) is 0 Å². The van der Waals surface area contributed by atoms with Crippen LogP contribution in [0.25, 0.3) is 17.1 Å². The van der Waals surface area contributed by atoms with Gasteiger partial charge in [-0.3, -0.25) is 9.89 Å². The van der Waals surface area contributed by atoms with Gasteiger partial charge in [-0.05, 0) is 23.8 Å². The summed E-state index contributed by atoms with van der Waals surface area (Å²) in [6, 6.07) is 13.1. The Labute approximate surface area is 143 Å². The Morgan fingerprint density at radius 1 is 1.24 bits per heavy atom. The fourth-order valence-electron chi connectivity index (χ4n) is 2.58. The lowest BCUT2D eigenvalue weighted by atomic mass is 10.1. The monoisotopic (exact) mass is 333 g/mol. The Bertz CT molecular complexity index is 971. The first kappa shape index (κ1) is 14.9. The Morgan fingerprint density at radius 3 is 2.96 bits per heavy atom. The van der Waals surface area contributed by atoms with Crippen molar-refractivity contribution in [1.29, 1.82) is 0 Å². The quantitative estimate of drug-likeness (QED) is 0.588. The SMILES string of the molecule is O=C(NCc1ccccc1-n1ccnc1)c1cc(-c2ccco2)[nH]n1. The minimum atomic E-state index is -0.255. The average molecular weight is 333 g/mol. The van der Waals surface area contributed by atoms with Crippen molar-refractivity contribution in [3.63, 3.8) is 0 Å². The van der Waals surface area contributed by atoms with Crippen LogP contribution < -0.4 is 5.32 Å². The van der Waals surface area contributed by atoms with Gasteiger partial charge in [0.1, 0.15) is 5.69 Å². The highest BCUT2D eigenvalue weighted by atomic mass is 16.3. The Hall–Kier alpha value is -3.61. The number of aromatic nitrogens is 4. The molecule has 1 amide bonds. The molecular weight excluding hydrogens is 318 g/mol. The molecule has 0 saturated carbocycles. The number of hydrogen-bond donors (Lipinski definition) is 2. The number of furan rings is 1. The molecule has 0 spiro atoms. The summed E-state index contributed by atoms with van der Waals surface area (Å²) in [5, 5.41) is 9.74. The topological polar surface area (TPSA) is 88.7 Å². The van der Waals surface area contributed by atoms with E-state index in [1.54, 1.807) is 37.0 Å². The van der Waals surface area contributed by atoms with E-state index in [4.69, 9.17) is 4.42 Å². The number of carbonyl (C=O) groups excluding carboxylic acids is 1. The van der Waals surface area contributed by atoms with Crippen molar-refractivity contribution in [2.45, 2.75) is 6.54 Å². The number of nitrogens with one attached hydrogen (secondary N) is 2. The van der Waals surface area contributed by atoms with Crippen molar-refractivity contribution >= 4 is 5.91 Å². The summed E-state index contributed by atoms with van der Waals surface area (Å²) in [6.07, 6.45) is 6.88. The first-order chi connectivity index (χ1) is 12.3. The zero-order valence-corrected chi connectivity index (χ0v) is 13.2. The van der Waals surface area contributed by atoms with Crippen molar-refractivity contribution < 1.29 is 9.21 Å². The molecule has 0 radical (unpaired) electrons. The molecule has 4 aromatic rings. The molecule has 0 fully saturated rings. The molecule has 0 aliphatic heterocycles. The molecular formula is C18H15N5O2. The normalized spacial score (nSPS) is 10.7. The molecule has 3 heterocycles. The van der Waals surface area contributed by atoms with E-state index in [-0.39, 0.29) is 5.91 Å². The van der Waals surface area contributed by atoms with Crippen LogP contribution in [-0.2, 0) is 6.54 Å². The molecule has 4 rings (SSSR count). The second-order valence-electron chi connectivity index (χ2n) is 5.43. The van der Waals surface area contributed by atoms with E-state index in [0.29, 0.717) is 23.7 Å². The van der Waals surface area contributed by atoms with Gasteiger partial charge in [0.2, 0.25) is 0 Å². The summed E-state index contributed by atoms with van der Waals surface area (Å²) in [7, 11) is 0. The van der Waals surface area contributed by atoms with Crippen LogP contribution in [0.2, 0.25) is 0 Å². The third-order valence-electron chi connectivity index (χ3n) is 3.81. The summed E-state index contributed by atoms with van der Waals surface area (Å²) in [5.74, 6) is 0.381. The fourth-order valence-corrected chi connectivity index (χ4v) is 2.58. The van der Waals surface area contributed by atoms with Gasteiger partial charge in [-0.15, -0.1) is 0 Å². The van der Waals surface area contributed by atoms with Crippen molar-refractivity contribution in [3.8, 4) is 17.1 Å². The molecule has 2 N–H and O–H groups in total. The first-order valence-corrected chi connectivity index (χ1v) is 7.75. The maximum atomic E-state index is 12.4. The average Bonchev–Trinajstić information content (AvgIpc) is 3.41. The van der Waals surface area contributed by atoms with Gasteiger partial charge in [0.15, 0.2) is 11.5 Å². The van der Waals surface area contributed by atoms with Gasteiger partial charge in [0, 0.05) is 25.0 Å². The van der Waals surface area contributed by atoms with Gasteiger partial charge < -0.3 is 14.3 Å². The van der Waals surface area contributed by atoms with E-state index in [0.717, 1.165) is 11.3 Å². The highest BCUT2D eigenvalue weighted by molar-refractivity contribution is 5.93. The van der Waals surface area contributed by atoms with Crippen molar-refractivity contribution in [3.05, 3.63) is 78.7 Å². The summed E-state index contributed by atoms with van der Waals surface area (Å²) in [4.78, 5) is 16.4. The predicted octanol–water partition coefficient (Wildman–Crippen LogP) is 2.79. The van der Waals surface area contributed by atoms with Crippen LogP contribution in [-0.4, -0.2) is 25.7 Å². The summed E-state index contributed by atoms with van der Waals surface area (Å²) in [6.45, 7) is 0.385. The van der Waals surface area contributed by atoms with Crippen molar-refractivity contribution in [2.24, 2.45) is 0 Å². The molecule has 7 nitrogen and oxygen atoms in total. The van der Waals surface area contributed by atoms with Crippen LogP contribution in [0.1, 0.15) is 16.1 Å². The molecule has 1 aromatic carbocycles. The zero-order chi connectivity index (χ0) is 17.1. The Kier molecular flexibility index (Phi) is 3.88. The van der Waals surface area contributed by atoms with Crippen LogP contribution in [0.3, 0.4) is 0 Å². The lowest BCUT2D eigenvalue weighted by Gasteiger charge is -2.10. The lowest BCUT2D eigenvalue weighted by molar-refractivity contribution is 0.0946. The van der Waals surface area contributed by atoms with Gasteiger partial charge in [0.25, 0.3) is 5.91 Å². The Balaban J connectivity index is 1.48. The van der Waals surface area contributed by atoms with E-state index in [1.807, 2.05) is 35.0 Å². The molecule has 124 valence electrons. The first-order valence-electron chi connectivity index (χ1n) is 7.75.